The molecule has 4 nitrogen and oxygen atoms in total. The molecule has 0 heterocycles. The molecular formula is C15H22N2O2. The number of carboxylic acid groups (broad SMARTS) is 1. The van der Waals surface area contributed by atoms with Gasteiger partial charge in [0.15, 0.2) is 0 Å². The van der Waals surface area contributed by atoms with E-state index in [-0.39, 0.29) is 11.3 Å². The molecule has 3 N–H and O–H groups in total. The van der Waals surface area contributed by atoms with Gasteiger partial charge in [-0.25, -0.2) is 4.79 Å². The van der Waals surface area contributed by atoms with E-state index in [1.807, 2.05) is 6.07 Å². The fraction of sp³-hybridized carbons (Fsp3) is 0.467. The van der Waals surface area contributed by atoms with Crippen LogP contribution in [0.4, 0.5) is 5.69 Å². The summed E-state index contributed by atoms with van der Waals surface area (Å²) in [6, 6.07) is 4.70. The third-order valence-electron chi connectivity index (χ3n) is 2.70. The number of benzene rings is 1. The monoisotopic (exact) mass is 262 g/mol. The number of aromatic carboxylic acids is 1. The van der Waals surface area contributed by atoms with Gasteiger partial charge < -0.3 is 10.8 Å². The van der Waals surface area contributed by atoms with Crippen molar-refractivity contribution >= 4 is 11.7 Å². The molecule has 0 bridgehead atoms. The van der Waals surface area contributed by atoms with Crippen LogP contribution >= 0.6 is 0 Å². The predicted molar refractivity (Wildman–Crippen MR) is 77.1 cm³/mol. The molecule has 0 spiro atoms. The Balaban J connectivity index is 0.000000459. The number of rotatable bonds is 4. The number of nitrogens with two attached hydrogens (primary N) is 1. The minimum atomic E-state index is -1.11. The summed E-state index contributed by atoms with van der Waals surface area (Å²) in [6.07, 6.45) is 5.54. The SMILES string of the molecule is CCCCCC.Cc1cc(C#N)cc(C(=O)O)c1N. The van der Waals surface area contributed by atoms with Gasteiger partial charge in [-0.15, -0.1) is 0 Å². The van der Waals surface area contributed by atoms with Crippen LogP contribution in [0.15, 0.2) is 12.1 Å². The van der Waals surface area contributed by atoms with Crippen LogP contribution in [0.2, 0.25) is 0 Å². The van der Waals surface area contributed by atoms with Crippen LogP contribution in [0, 0.1) is 18.3 Å². The van der Waals surface area contributed by atoms with Crippen molar-refractivity contribution in [1.29, 1.82) is 5.26 Å². The maximum Gasteiger partial charge on any atom is 0.337 e. The maximum absolute atomic E-state index is 10.7. The first-order valence-electron chi connectivity index (χ1n) is 6.51. The number of aryl methyl sites for hydroxylation is 1. The van der Waals surface area contributed by atoms with E-state index in [1.165, 1.54) is 31.7 Å². The molecule has 0 aliphatic rings. The highest BCUT2D eigenvalue weighted by Crippen LogP contribution is 2.18. The van der Waals surface area contributed by atoms with Gasteiger partial charge in [0.2, 0.25) is 0 Å². The zero-order chi connectivity index (χ0) is 14.8. The Morgan fingerprint density at radius 2 is 1.84 bits per heavy atom. The molecule has 0 aliphatic heterocycles. The molecule has 0 fully saturated rings. The second-order valence-corrected chi connectivity index (χ2v) is 4.38. The maximum atomic E-state index is 10.7. The molecule has 104 valence electrons. The van der Waals surface area contributed by atoms with Crippen LogP contribution in [0.25, 0.3) is 0 Å². The molecule has 1 aromatic rings. The molecule has 4 heteroatoms. The predicted octanol–water partition coefficient (Wildman–Crippen LogP) is 3.73. The number of carbonyl (C=O) groups is 1. The first kappa shape index (κ1) is 17.0. The van der Waals surface area contributed by atoms with Crippen molar-refractivity contribution in [3.05, 3.63) is 28.8 Å². The normalized spacial score (nSPS) is 9.16. The van der Waals surface area contributed by atoms with E-state index in [4.69, 9.17) is 16.1 Å². The second kappa shape index (κ2) is 8.98. The highest BCUT2D eigenvalue weighted by atomic mass is 16.4. The lowest BCUT2D eigenvalue weighted by Crippen LogP contribution is -2.04. The summed E-state index contributed by atoms with van der Waals surface area (Å²) < 4.78 is 0. The Hall–Kier alpha value is -2.02. The molecule has 0 saturated heterocycles. The van der Waals surface area contributed by atoms with Gasteiger partial charge in [-0.2, -0.15) is 5.26 Å². The van der Waals surface area contributed by atoms with E-state index in [0.717, 1.165) is 0 Å². The van der Waals surface area contributed by atoms with E-state index in [1.54, 1.807) is 13.0 Å². The summed E-state index contributed by atoms with van der Waals surface area (Å²) in [5, 5.41) is 17.3. The van der Waals surface area contributed by atoms with E-state index in [2.05, 4.69) is 13.8 Å². The molecule has 19 heavy (non-hydrogen) atoms. The van der Waals surface area contributed by atoms with E-state index >= 15 is 0 Å². The number of hydrogen-bond donors (Lipinski definition) is 2. The number of nitrogen functional groups attached to an aromatic ring is 1. The van der Waals surface area contributed by atoms with E-state index in [0.29, 0.717) is 11.1 Å². The number of hydrogen-bond acceptors (Lipinski definition) is 3. The molecule has 0 aromatic heterocycles. The van der Waals surface area contributed by atoms with Gasteiger partial charge >= 0.3 is 5.97 Å². The quantitative estimate of drug-likeness (QED) is 0.639. The van der Waals surface area contributed by atoms with Gasteiger partial charge in [0, 0.05) is 5.69 Å². The van der Waals surface area contributed by atoms with Crippen molar-refractivity contribution in [1.82, 2.24) is 0 Å². The van der Waals surface area contributed by atoms with E-state index in [9.17, 15) is 4.79 Å². The Morgan fingerprint density at radius 3 is 2.21 bits per heavy atom. The Labute approximate surface area is 114 Å². The van der Waals surface area contributed by atoms with Crippen molar-refractivity contribution in [3.8, 4) is 6.07 Å². The average molecular weight is 262 g/mol. The molecule has 0 amide bonds. The van der Waals surface area contributed by atoms with Crippen LogP contribution in [-0.2, 0) is 0 Å². The first-order valence-corrected chi connectivity index (χ1v) is 6.51. The Bertz CT molecular complexity index is 458. The third kappa shape index (κ3) is 5.91. The smallest absolute Gasteiger partial charge is 0.337 e. The summed E-state index contributed by atoms with van der Waals surface area (Å²) in [5.41, 5.74) is 6.63. The first-order chi connectivity index (χ1) is 8.97. The van der Waals surface area contributed by atoms with Crippen molar-refractivity contribution in [3.63, 3.8) is 0 Å². The number of unbranched alkanes of at least 4 members (excludes halogenated alkanes) is 3. The fourth-order valence-electron chi connectivity index (χ4n) is 1.54. The topological polar surface area (TPSA) is 87.1 Å². The van der Waals surface area contributed by atoms with Gasteiger partial charge in [0.1, 0.15) is 0 Å². The van der Waals surface area contributed by atoms with Gasteiger partial charge in [-0.3, -0.25) is 0 Å². The lowest BCUT2D eigenvalue weighted by atomic mass is 10.0. The highest BCUT2D eigenvalue weighted by Gasteiger charge is 2.10. The second-order valence-electron chi connectivity index (χ2n) is 4.38. The van der Waals surface area contributed by atoms with Gasteiger partial charge in [-0.1, -0.05) is 39.5 Å². The van der Waals surface area contributed by atoms with Crippen LogP contribution in [-0.4, -0.2) is 11.1 Å². The van der Waals surface area contributed by atoms with Gasteiger partial charge in [0.25, 0.3) is 0 Å². The lowest BCUT2D eigenvalue weighted by molar-refractivity contribution is 0.0698. The minimum absolute atomic E-state index is 0.0171. The molecule has 0 atom stereocenters. The molecular weight excluding hydrogens is 240 g/mol. The van der Waals surface area contributed by atoms with Crippen molar-refractivity contribution in [2.45, 2.75) is 46.5 Å². The van der Waals surface area contributed by atoms with Crippen molar-refractivity contribution in [2.24, 2.45) is 0 Å². The summed E-state index contributed by atoms with van der Waals surface area (Å²) in [4.78, 5) is 10.7. The zero-order valence-corrected chi connectivity index (χ0v) is 11.9. The molecule has 1 rings (SSSR count). The van der Waals surface area contributed by atoms with Crippen LogP contribution < -0.4 is 5.73 Å². The lowest BCUT2D eigenvalue weighted by Gasteiger charge is -2.04. The molecule has 0 radical (unpaired) electrons. The minimum Gasteiger partial charge on any atom is -0.478 e. The fourth-order valence-corrected chi connectivity index (χ4v) is 1.54. The van der Waals surface area contributed by atoms with Crippen LogP contribution in [0.3, 0.4) is 0 Å². The number of nitrogens with zero attached hydrogens (tertiary/aromatic N) is 1. The molecule has 1 aromatic carbocycles. The average Bonchev–Trinajstić information content (AvgIpc) is 2.39. The standard InChI is InChI=1S/C9H8N2O2.C6H14/c1-5-2-6(4-10)3-7(8(5)11)9(12)13;1-3-5-6-4-2/h2-3H,11H2,1H3,(H,12,13);3-6H2,1-2H3. The largest absolute Gasteiger partial charge is 0.478 e. The van der Waals surface area contributed by atoms with Gasteiger partial charge in [0.05, 0.1) is 17.2 Å². The van der Waals surface area contributed by atoms with Crippen LogP contribution in [0.5, 0.6) is 0 Å². The number of carboxylic acids is 1. The molecule has 0 unspecified atom stereocenters. The highest BCUT2D eigenvalue weighted by molar-refractivity contribution is 5.94. The molecule has 0 aliphatic carbocycles. The van der Waals surface area contributed by atoms with Crippen molar-refractivity contribution in [2.75, 3.05) is 5.73 Å². The number of nitriles is 1. The number of anilines is 1. The summed E-state index contributed by atoms with van der Waals surface area (Å²) >= 11 is 0. The summed E-state index contributed by atoms with van der Waals surface area (Å²) in [5.74, 6) is -1.11. The van der Waals surface area contributed by atoms with E-state index < -0.39 is 5.97 Å². The zero-order valence-electron chi connectivity index (χ0n) is 11.9. The third-order valence-corrected chi connectivity index (χ3v) is 2.70. The molecule has 0 saturated carbocycles. The summed E-state index contributed by atoms with van der Waals surface area (Å²) in [6.45, 7) is 6.13. The van der Waals surface area contributed by atoms with Gasteiger partial charge in [-0.05, 0) is 24.6 Å². The van der Waals surface area contributed by atoms with Crippen LogP contribution in [0.1, 0.15) is 61.0 Å². The summed E-state index contributed by atoms with van der Waals surface area (Å²) in [7, 11) is 0. The Morgan fingerprint density at radius 1 is 1.32 bits per heavy atom. The Kier molecular flexibility index (Phi) is 8.03. The van der Waals surface area contributed by atoms with Crippen molar-refractivity contribution < 1.29 is 9.90 Å².